The number of carbonyl (C=O) groups is 2. The van der Waals surface area contributed by atoms with Gasteiger partial charge in [0.05, 0.1) is 0 Å². The normalized spacial score (nSPS) is 11.4. The van der Waals surface area contributed by atoms with Crippen LogP contribution in [0.5, 0.6) is 5.75 Å². The Bertz CT molecular complexity index is 1010. The van der Waals surface area contributed by atoms with Crippen molar-refractivity contribution in [3.63, 3.8) is 0 Å². The molecule has 0 saturated carbocycles. The Morgan fingerprint density at radius 1 is 0.828 bits per heavy atom. The lowest BCUT2D eigenvalue weighted by atomic mass is 10.1. The highest BCUT2D eigenvalue weighted by Crippen LogP contribution is 2.18. The van der Waals surface area contributed by atoms with Gasteiger partial charge in [0.1, 0.15) is 5.75 Å². The predicted octanol–water partition coefficient (Wildman–Crippen LogP) is 4.96. The van der Waals surface area contributed by atoms with Gasteiger partial charge in [-0.15, -0.1) is 0 Å². The summed E-state index contributed by atoms with van der Waals surface area (Å²) >= 11 is 0. The lowest BCUT2D eigenvalue weighted by Gasteiger charge is -2.15. The molecule has 0 radical (unpaired) electrons. The van der Waals surface area contributed by atoms with E-state index in [0.717, 1.165) is 11.1 Å². The summed E-state index contributed by atoms with van der Waals surface area (Å²) in [6.07, 6.45) is -0.641. The standard InChI is InChI=1S/C24H24N2O3/c1-16-7-6-9-21(15-16)29-18(3)23(27)25-19-11-13-20(14-12-19)26-24(28)22-10-5-4-8-17(22)2/h4-15,18H,1-3H3,(H,25,27)(H,26,28). The topological polar surface area (TPSA) is 67.4 Å². The van der Waals surface area contributed by atoms with Gasteiger partial charge in [-0.25, -0.2) is 0 Å². The molecule has 3 aromatic carbocycles. The summed E-state index contributed by atoms with van der Waals surface area (Å²) in [5.41, 5.74) is 3.89. The van der Waals surface area contributed by atoms with E-state index in [9.17, 15) is 9.59 Å². The van der Waals surface area contributed by atoms with Crippen molar-refractivity contribution < 1.29 is 14.3 Å². The van der Waals surface area contributed by atoms with Crippen molar-refractivity contribution in [3.05, 3.63) is 89.5 Å². The fourth-order valence-corrected chi connectivity index (χ4v) is 2.85. The van der Waals surface area contributed by atoms with E-state index in [-0.39, 0.29) is 11.8 Å². The van der Waals surface area contributed by atoms with E-state index < -0.39 is 6.10 Å². The third-order valence-electron chi connectivity index (χ3n) is 4.47. The first-order valence-electron chi connectivity index (χ1n) is 9.43. The molecule has 0 fully saturated rings. The molecule has 0 aliphatic heterocycles. The largest absolute Gasteiger partial charge is 0.481 e. The zero-order valence-corrected chi connectivity index (χ0v) is 16.7. The molecule has 148 valence electrons. The summed E-state index contributed by atoms with van der Waals surface area (Å²) in [4.78, 5) is 24.8. The highest BCUT2D eigenvalue weighted by molar-refractivity contribution is 6.05. The van der Waals surface area contributed by atoms with E-state index in [1.54, 1.807) is 37.3 Å². The number of benzene rings is 3. The second-order valence-electron chi connectivity index (χ2n) is 6.91. The third-order valence-corrected chi connectivity index (χ3v) is 4.47. The molecule has 0 bridgehead atoms. The van der Waals surface area contributed by atoms with Crippen LogP contribution in [0.3, 0.4) is 0 Å². The summed E-state index contributed by atoms with van der Waals surface area (Å²) in [5, 5.41) is 5.69. The van der Waals surface area contributed by atoms with Gasteiger partial charge in [-0.1, -0.05) is 30.3 Å². The van der Waals surface area contributed by atoms with Crippen LogP contribution in [0, 0.1) is 13.8 Å². The van der Waals surface area contributed by atoms with Crippen LogP contribution in [-0.4, -0.2) is 17.9 Å². The van der Waals surface area contributed by atoms with Gasteiger partial charge in [0.25, 0.3) is 11.8 Å². The smallest absolute Gasteiger partial charge is 0.265 e. The second kappa shape index (κ2) is 9.06. The zero-order valence-electron chi connectivity index (χ0n) is 16.7. The molecule has 3 rings (SSSR count). The number of hydrogen-bond donors (Lipinski definition) is 2. The van der Waals surface area contributed by atoms with Crippen molar-refractivity contribution in [1.82, 2.24) is 0 Å². The van der Waals surface area contributed by atoms with Crippen molar-refractivity contribution in [2.24, 2.45) is 0 Å². The molecule has 2 amide bonds. The van der Waals surface area contributed by atoms with Crippen LogP contribution in [0.25, 0.3) is 0 Å². The van der Waals surface area contributed by atoms with Crippen molar-refractivity contribution in [3.8, 4) is 5.75 Å². The van der Waals surface area contributed by atoms with Crippen LogP contribution >= 0.6 is 0 Å². The average Bonchev–Trinajstić information content (AvgIpc) is 2.69. The lowest BCUT2D eigenvalue weighted by Crippen LogP contribution is -2.30. The Kier molecular flexibility index (Phi) is 6.29. The van der Waals surface area contributed by atoms with Crippen LogP contribution < -0.4 is 15.4 Å². The molecule has 29 heavy (non-hydrogen) atoms. The van der Waals surface area contributed by atoms with Crippen molar-refractivity contribution in [2.75, 3.05) is 10.6 Å². The number of nitrogens with one attached hydrogen (secondary N) is 2. The van der Waals surface area contributed by atoms with Crippen LogP contribution in [0.2, 0.25) is 0 Å². The van der Waals surface area contributed by atoms with E-state index in [4.69, 9.17) is 4.74 Å². The van der Waals surface area contributed by atoms with Gasteiger partial charge in [0, 0.05) is 16.9 Å². The fourth-order valence-electron chi connectivity index (χ4n) is 2.85. The summed E-state index contributed by atoms with van der Waals surface area (Å²) in [7, 11) is 0. The van der Waals surface area contributed by atoms with Crippen LogP contribution in [0.4, 0.5) is 11.4 Å². The number of carbonyl (C=O) groups excluding carboxylic acids is 2. The van der Waals surface area contributed by atoms with Gasteiger partial charge in [-0.3, -0.25) is 9.59 Å². The van der Waals surface area contributed by atoms with E-state index >= 15 is 0 Å². The van der Waals surface area contributed by atoms with E-state index in [2.05, 4.69) is 10.6 Å². The Morgan fingerprint density at radius 2 is 1.48 bits per heavy atom. The monoisotopic (exact) mass is 388 g/mol. The molecule has 0 saturated heterocycles. The first-order valence-corrected chi connectivity index (χ1v) is 9.43. The number of rotatable bonds is 6. The predicted molar refractivity (Wildman–Crippen MR) is 115 cm³/mol. The molecule has 1 unspecified atom stereocenters. The zero-order chi connectivity index (χ0) is 20.8. The molecule has 2 N–H and O–H groups in total. The molecule has 5 nitrogen and oxygen atoms in total. The summed E-state index contributed by atoms with van der Waals surface area (Å²) in [6, 6.07) is 22.0. The maximum Gasteiger partial charge on any atom is 0.265 e. The minimum absolute atomic E-state index is 0.167. The Hall–Kier alpha value is -3.60. The van der Waals surface area contributed by atoms with E-state index in [1.807, 2.05) is 56.3 Å². The molecule has 5 heteroatoms. The van der Waals surface area contributed by atoms with Gasteiger partial charge in [-0.2, -0.15) is 0 Å². The van der Waals surface area contributed by atoms with Crippen LogP contribution in [0.15, 0.2) is 72.8 Å². The molecule has 0 aromatic heterocycles. The molecular formula is C24H24N2O3. The van der Waals surface area contributed by atoms with Gasteiger partial charge in [0.2, 0.25) is 0 Å². The average molecular weight is 388 g/mol. The summed E-state index contributed by atoms with van der Waals surface area (Å²) in [5.74, 6) is 0.241. The second-order valence-corrected chi connectivity index (χ2v) is 6.91. The van der Waals surface area contributed by atoms with Crippen molar-refractivity contribution >= 4 is 23.2 Å². The quantitative estimate of drug-likeness (QED) is 0.627. The molecule has 0 heterocycles. The maximum atomic E-state index is 12.4. The molecule has 3 aromatic rings. The van der Waals surface area contributed by atoms with Crippen LogP contribution in [0.1, 0.15) is 28.4 Å². The van der Waals surface area contributed by atoms with Gasteiger partial charge in [-0.05, 0) is 74.4 Å². The van der Waals surface area contributed by atoms with Gasteiger partial charge in [0.15, 0.2) is 6.10 Å². The fraction of sp³-hybridized carbons (Fsp3) is 0.167. The summed E-state index contributed by atoms with van der Waals surface area (Å²) in [6.45, 7) is 5.57. The SMILES string of the molecule is Cc1cccc(OC(C)C(=O)Nc2ccc(NC(=O)c3ccccc3C)cc2)c1. The van der Waals surface area contributed by atoms with E-state index in [1.165, 1.54) is 0 Å². The van der Waals surface area contributed by atoms with Gasteiger partial charge >= 0.3 is 0 Å². The lowest BCUT2D eigenvalue weighted by molar-refractivity contribution is -0.122. The number of hydrogen-bond acceptors (Lipinski definition) is 3. The third kappa shape index (κ3) is 5.45. The molecule has 0 spiro atoms. The number of aryl methyl sites for hydroxylation is 2. The number of amides is 2. The number of ether oxygens (including phenoxy) is 1. The maximum absolute atomic E-state index is 12.4. The van der Waals surface area contributed by atoms with E-state index in [0.29, 0.717) is 22.7 Å². The molecular weight excluding hydrogens is 364 g/mol. The van der Waals surface area contributed by atoms with Crippen molar-refractivity contribution in [2.45, 2.75) is 26.9 Å². The Labute approximate surface area is 170 Å². The Morgan fingerprint density at radius 3 is 2.14 bits per heavy atom. The minimum atomic E-state index is -0.641. The molecule has 0 aliphatic rings. The van der Waals surface area contributed by atoms with Crippen LogP contribution in [-0.2, 0) is 4.79 Å². The minimum Gasteiger partial charge on any atom is -0.481 e. The summed E-state index contributed by atoms with van der Waals surface area (Å²) < 4.78 is 5.70. The Balaban J connectivity index is 1.57. The van der Waals surface area contributed by atoms with Gasteiger partial charge < -0.3 is 15.4 Å². The number of anilines is 2. The first-order chi connectivity index (χ1) is 13.9. The highest BCUT2D eigenvalue weighted by Gasteiger charge is 2.15. The molecule has 0 aliphatic carbocycles. The molecule has 1 atom stereocenters. The highest BCUT2D eigenvalue weighted by atomic mass is 16.5. The van der Waals surface area contributed by atoms with Crippen molar-refractivity contribution in [1.29, 1.82) is 0 Å². The first kappa shape index (κ1) is 20.1.